The molecule has 0 saturated carbocycles. The Labute approximate surface area is 136 Å². The van der Waals surface area contributed by atoms with E-state index in [2.05, 4.69) is 10.6 Å². The smallest absolute Gasteiger partial charge is 0.271 e. The van der Waals surface area contributed by atoms with E-state index in [1.165, 1.54) is 37.3 Å². The molecular weight excluding hydrogens is 322 g/mol. The number of non-ortho nitro benzene ring substituents is 1. The second kappa shape index (κ2) is 6.89. The second-order valence-electron chi connectivity index (χ2n) is 4.63. The molecule has 0 heterocycles. The van der Waals surface area contributed by atoms with Crippen LogP contribution in [0.25, 0.3) is 0 Å². The summed E-state index contributed by atoms with van der Waals surface area (Å²) in [4.78, 5) is 33.3. The Morgan fingerprint density at radius 2 is 1.74 bits per heavy atom. The highest BCUT2D eigenvalue weighted by Crippen LogP contribution is 2.27. The first-order chi connectivity index (χ1) is 10.9. The van der Waals surface area contributed by atoms with Crippen molar-refractivity contribution in [1.82, 2.24) is 0 Å². The topological polar surface area (TPSA) is 101 Å². The first kappa shape index (κ1) is 16.4. The number of nitrogens with one attached hydrogen (secondary N) is 2. The van der Waals surface area contributed by atoms with Gasteiger partial charge < -0.3 is 10.6 Å². The highest BCUT2D eigenvalue weighted by Gasteiger charge is 2.13. The fraction of sp³-hybridized carbons (Fsp3) is 0.0667. The number of hydrogen-bond donors (Lipinski definition) is 2. The standard InChI is InChI=1S/C15H12ClN3O4/c1-9(20)17-11-4-2-10(3-5-11)15(21)18-14-8-12(19(22)23)6-7-13(14)16/h2-8H,1H3,(H,17,20)(H,18,21). The Kier molecular flexibility index (Phi) is 4.92. The Bertz CT molecular complexity index is 775. The third-order valence-corrected chi connectivity index (χ3v) is 3.21. The highest BCUT2D eigenvalue weighted by molar-refractivity contribution is 6.34. The van der Waals surface area contributed by atoms with Crippen LogP contribution >= 0.6 is 11.6 Å². The Morgan fingerprint density at radius 3 is 2.30 bits per heavy atom. The van der Waals surface area contributed by atoms with Gasteiger partial charge in [0.15, 0.2) is 0 Å². The quantitative estimate of drug-likeness (QED) is 0.660. The van der Waals surface area contributed by atoms with E-state index < -0.39 is 10.8 Å². The molecule has 0 atom stereocenters. The van der Waals surface area contributed by atoms with Crippen molar-refractivity contribution in [3.8, 4) is 0 Å². The summed E-state index contributed by atoms with van der Waals surface area (Å²) in [5.41, 5.74) is 0.853. The van der Waals surface area contributed by atoms with E-state index in [-0.39, 0.29) is 22.3 Å². The van der Waals surface area contributed by atoms with Gasteiger partial charge in [-0.2, -0.15) is 0 Å². The van der Waals surface area contributed by atoms with Crippen molar-refractivity contribution in [3.63, 3.8) is 0 Å². The van der Waals surface area contributed by atoms with Gasteiger partial charge in [-0.25, -0.2) is 0 Å². The molecule has 0 fully saturated rings. The van der Waals surface area contributed by atoms with Crippen LogP contribution < -0.4 is 10.6 Å². The molecule has 23 heavy (non-hydrogen) atoms. The Balaban J connectivity index is 2.17. The van der Waals surface area contributed by atoms with Gasteiger partial charge in [0, 0.05) is 30.3 Å². The van der Waals surface area contributed by atoms with Gasteiger partial charge in [0.2, 0.25) is 5.91 Å². The zero-order valence-electron chi connectivity index (χ0n) is 12.0. The van der Waals surface area contributed by atoms with Crippen LogP contribution in [0.4, 0.5) is 17.1 Å². The zero-order chi connectivity index (χ0) is 17.0. The van der Waals surface area contributed by atoms with Gasteiger partial charge in [-0.1, -0.05) is 11.6 Å². The SMILES string of the molecule is CC(=O)Nc1ccc(C(=O)Nc2cc([N+](=O)[O-])ccc2Cl)cc1. The van der Waals surface area contributed by atoms with Gasteiger partial charge in [0.1, 0.15) is 0 Å². The molecule has 2 aromatic rings. The molecule has 7 nitrogen and oxygen atoms in total. The van der Waals surface area contributed by atoms with Crippen molar-refractivity contribution in [2.75, 3.05) is 10.6 Å². The molecule has 2 aromatic carbocycles. The lowest BCUT2D eigenvalue weighted by molar-refractivity contribution is -0.384. The van der Waals surface area contributed by atoms with Gasteiger partial charge in [-0.05, 0) is 30.3 Å². The van der Waals surface area contributed by atoms with Gasteiger partial charge >= 0.3 is 0 Å². The monoisotopic (exact) mass is 333 g/mol. The summed E-state index contributed by atoms with van der Waals surface area (Å²) in [6.07, 6.45) is 0. The molecule has 2 rings (SSSR count). The third kappa shape index (κ3) is 4.27. The number of carbonyl (C=O) groups excluding carboxylic acids is 2. The molecular formula is C15H12ClN3O4. The van der Waals surface area contributed by atoms with Gasteiger partial charge in [0.25, 0.3) is 11.6 Å². The summed E-state index contributed by atoms with van der Waals surface area (Å²) in [5, 5.41) is 16.1. The molecule has 2 N–H and O–H groups in total. The van der Waals surface area contributed by atoms with E-state index in [0.717, 1.165) is 0 Å². The lowest BCUT2D eigenvalue weighted by Crippen LogP contribution is -2.13. The van der Waals surface area contributed by atoms with Crippen molar-refractivity contribution < 1.29 is 14.5 Å². The van der Waals surface area contributed by atoms with E-state index in [0.29, 0.717) is 11.3 Å². The van der Waals surface area contributed by atoms with Crippen LogP contribution in [-0.2, 0) is 4.79 Å². The van der Waals surface area contributed by atoms with E-state index in [9.17, 15) is 19.7 Å². The van der Waals surface area contributed by atoms with Crippen molar-refractivity contribution in [1.29, 1.82) is 0 Å². The fourth-order valence-electron chi connectivity index (χ4n) is 1.83. The summed E-state index contributed by atoms with van der Waals surface area (Å²) in [6.45, 7) is 1.38. The Hall–Kier alpha value is -2.93. The summed E-state index contributed by atoms with van der Waals surface area (Å²) >= 11 is 5.93. The maximum absolute atomic E-state index is 12.2. The average Bonchev–Trinajstić information content (AvgIpc) is 2.49. The normalized spacial score (nSPS) is 10.0. The fourth-order valence-corrected chi connectivity index (χ4v) is 1.99. The largest absolute Gasteiger partial charge is 0.326 e. The molecule has 0 saturated heterocycles. The molecule has 0 radical (unpaired) electrons. The summed E-state index contributed by atoms with van der Waals surface area (Å²) in [5.74, 6) is -0.688. The number of nitro groups is 1. The molecule has 0 aromatic heterocycles. The van der Waals surface area contributed by atoms with Crippen LogP contribution in [0.2, 0.25) is 5.02 Å². The number of hydrogen-bond acceptors (Lipinski definition) is 4. The van der Waals surface area contributed by atoms with E-state index >= 15 is 0 Å². The number of carbonyl (C=O) groups is 2. The number of anilines is 2. The molecule has 0 aliphatic rings. The summed E-state index contributed by atoms with van der Waals surface area (Å²) in [6, 6.07) is 9.97. The minimum atomic E-state index is -0.575. The summed E-state index contributed by atoms with van der Waals surface area (Å²) in [7, 11) is 0. The number of benzene rings is 2. The van der Waals surface area contributed by atoms with Gasteiger partial charge in [-0.3, -0.25) is 19.7 Å². The molecule has 0 aliphatic heterocycles. The lowest BCUT2D eigenvalue weighted by atomic mass is 10.2. The zero-order valence-corrected chi connectivity index (χ0v) is 12.8. The molecule has 0 bridgehead atoms. The van der Waals surface area contributed by atoms with Gasteiger partial charge in [0.05, 0.1) is 15.6 Å². The minimum Gasteiger partial charge on any atom is -0.326 e. The maximum Gasteiger partial charge on any atom is 0.271 e. The first-order valence-corrected chi connectivity index (χ1v) is 6.87. The third-order valence-electron chi connectivity index (χ3n) is 2.88. The van der Waals surface area contributed by atoms with Crippen LogP contribution in [0, 0.1) is 10.1 Å². The predicted molar refractivity (Wildman–Crippen MR) is 86.8 cm³/mol. The second-order valence-corrected chi connectivity index (χ2v) is 5.04. The number of nitrogens with zero attached hydrogens (tertiary/aromatic N) is 1. The molecule has 0 aliphatic carbocycles. The van der Waals surface area contributed by atoms with Crippen molar-refractivity contribution in [3.05, 3.63) is 63.2 Å². The van der Waals surface area contributed by atoms with Crippen LogP contribution in [0.3, 0.4) is 0 Å². The minimum absolute atomic E-state index is 0.150. The number of nitro benzene ring substituents is 1. The number of halogens is 1. The molecule has 8 heteroatoms. The highest BCUT2D eigenvalue weighted by atomic mass is 35.5. The molecule has 0 spiro atoms. The van der Waals surface area contributed by atoms with Crippen molar-refractivity contribution in [2.24, 2.45) is 0 Å². The Morgan fingerprint density at radius 1 is 1.09 bits per heavy atom. The van der Waals surface area contributed by atoms with Crippen LogP contribution in [0.15, 0.2) is 42.5 Å². The van der Waals surface area contributed by atoms with E-state index in [4.69, 9.17) is 11.6 Å². The predicted octanol–water partition coefficient (Wildman–Crippen LogP) is 3.46. The van der Waals surface area contributed by atoms with E-state index in [1.54, 1.807) is 12.1 Å². The number of rotatable bonds is 4. The lowest BCUT2D eigenvalue weighted by Gasteiger charge is -2.08. The van der Waals surface area contributed by atoms with Crippen molar-refractivity contribution >= 4 is 40.5 Å². The van der Waals surface area contributed by atoms with Crippen molar-refractivity contribution in [2.45, 2.75) is 6.92 Å². The molecule has 118 valence electrons. The first-order valence-electron chi connectivity index (χ1n) is 6.50. The maximum atomic E-state index is 12.2. The van der Waals surface area contributed by atoms with Crippen LogP contribution in [-0.4, -0.2) is 16.7 Å². The summed E-state index contributed by atoms with van der Waals surface area (Å²) < 4.78 is 0. The molecule has 2 amide bonds. The van der Waals surface area contributed by atoms with Crippen LogP contribution in [0.1, 0.15) is 17.3 Å². The number of amides is 2. The van der Waals surface area contributed by atoms with Gasteiger partial charge in [-0.15, -0.1) is 0 Å². The van der Waals surface area contributed by atoms with Crippen LogP contribution in [0.5, 0.6) is 0 Å². The van der Waals surface area contributed by atoms with E-state index in [1.807, 2.05) is 0 Å². The average molecular weight is 334 g/mol. The molecule has 0 unspecified atom stereocenters.